The molecule has 0 heterocycles. The predicted molar refractivity (Wildman–Crippen MR) is 109 cm³/mol. The number of hydrogen-bond acceptors (Lipinski definition) is 0. The first-order valence-corrected chi connectivity index (χ1v) is 11.7. The third-order valence-corrected chi connectivity index (χ3v) is 10.4. The van der Waals surface area contributed by atoms with Gasteiger partial charge in [-0.1, -0.05) is 13.8 Å². The SMILES string of the molecule is CC.CP(C)(C1=CCCC=C1)(c1ccccc1)c1ccccc1. The third kappa shape index (κ3) is 3.19. The quantitative estimate of drug-likeness (QED) is 0.634. The van der Waals surface area contributed by atoms with E-state index in [1.54, 1.807) is 0 Å². The molecule has 0 radical (unpaired) electrons. The Balaban J connectivity index is 0.000000924. The molecule has 0 N–H and O–H groups in total. The second-order valence-electron chi connectivity index (χ2n) is 6.40. The zero-order chi connectivity index (χ0) is 16.8. The van der Waals surface area contributed by atoms with Crippen LogP contribution in [-0.4, -0.2) is 13.3 Å². The molecule has 0 amide bonds. The Morgan fingerprint density at radius 1 is 0.696 bits per heavy atom. The fraction of sp³-hybridized carbons (Fsp3) is 0.273. The van der Waals surface area contributed by atoms with Crippen LogP contribution in [0.4, 0.5) is 0 Å². The fourth-order valence-corrected chi connectivity index (χ4v) is 7.55. The Morgan fingerprint density at radius 3 is 1.57 bits per heavy atom. The van der Waals surface area contributed by atoms with Gasteiger partial charge in [0.1, 0.15) is 0 Å². The average Bonchev–Trinajstić information content (AvgIpc) is 2.66. The van der Waals surface area contributed by atoms with Crippen LogP contribution in [0, 0.1) is 0 Å². The Bertz CT molecular complexity index is 635. The zero-order valence-electron chi connectivity index (χ0n) is 14.9. The van der Waals surface area contributed by atoms with E-state index >= 15 is 0 Å². The van der Waals surface area contributed by atoms with Crippen molar-refractivity contribution in [2.24, 2.45) is 0 Å². The summed E-state index contributed by atoms with van der Waals surface area (Å²) in [5.74, 6) is 0. The van der Waals surface area contributed by atoms with Gasteiger partial charge in [0.25, 0.3) is 0 Å². The van der Waals surface area contributed by atoms with E-state index in [0.717, 1.165) is 6.42 Å². The summed E-state index contributed by atoms with van der Waals surface area (Å²) in [4.78, 5) is 0. The first-order valence-electron chi connectivity index (χ1n) is 8.61. The van der Waals surface area contributed by atoms with Gasteiger partial charge in [0.05, 0.1) is 0 Å². The van der Waals surface area contributed by atoms with Crippen LogP contribution in [0.1, 0.15) is 26.7 Å². The number of rotatable bonds is 3. The molecule has 0 saturated carbocycles. The van der Waals surface area contributed by atoms with Gasteiger partial charge >= 0.3 is 128 Å². The molecule has 0 bridgehead atoms. The van der Waals surface area contributed by atoms with Crippen LogP contribution >= 0.6 is 6.60 Å². The van der Waals surface area contributed by atoms with Gasteiger partial charge < -0.3 is 0 Å². The number of allylic oxidation sites excluding steroid dienone is 4. The van der Waals surface area contributed by atoms with E-state index in [4.69, 9.17) is 0 Å². The van der Waals surface area contributed by atoms with E-state index < -0.39 is 6.60 Å². The third-order valence-electron chi connectivity index (χ3n) is 4.81. The predicted octanol–water partition coefficient (Wildman–Crippen LogP) is 5.71. The van der Waals surface area contributed by atoms with E-state index in [0.29, 0.717) is 0 Å². The van der Waals surface area contributed by atoms with E-state index in [1.165, 1.54) is 22.3 Å². The standard InChI is InChI=1S/C20H23P.C2H6/c1-21(2,18-12-6-3-7-13-18,19-14-8-4-9-15-19)20-16-10-5-11-17-20;1-2/h3-4,6-10,12-17H,5,11H2,1-2H3;1-2H3. The van der Waals surface area contributed by atoms with Crippen LogP contribution in [0.25, 0.3) is 0 Å². The van der Waals surface area contributed by atoms with Gasteiger partial charge in [-0.2, -0.15) is 0 Å². The summed E-state index contributed by atoms with van der Waals surface area (Å²) in [6, 6.07) is 22.1. The van der Waals surface area contributed by atoms with Crippen molar-refractivity contribution >= 4 is 17.2 Å². The van der Waals surface area contributed by atoms with Crippen LogP contribution in [0.5, 0.6) is 0 Å². The molecule has 2 aromatic rings. The van der Waals surface area contributed by atoms with Crippen molar-refractivity contribution in [3.8, 4) is 0 Å². The number of hydrogen-bond donors (Lipinski definition) is 0. The Labute approximate surface area is 141 Å². The second kappa shape index (κ2) is 7.28. The van der Waals surface area contributed by atoms with Crippen LogP contribution in [0.2, 0.25) is 0 Å². The van der Waals surface area contributed by atoms with E-state index in [9.17, 15) is 0 Å². The summed E-state index contributed by atoms with van der Waals surface area (Å²) in [6.45, 7) is 6.64. The van der Waals surface area contributed by atoms with Crippen LogP contribution in [-0.2, 0) is 0 Å². The van der Waals surface area contributed by atoms with Crippen molar-refractivity contribution < 1.29 is 0 Å². The van der Waals surface area contributed by atoms with Gasteiger partial charge in [-0.05, 0) is 0 Å². The summed E-state index contributed by atoms with van der Waals surface area (Å²) in [5, 5.41) is 4.45. The molecule has 0 unspecified atom stereocenters. The van der Waals surface area contributed by atoms with E-state index in [2.05, 4.69) is 92.2 Å². The molecule has 3 rings (SSSR count). The van der Waals surface area contributed by atoms with Crippen molar-refractivity contribution in [3.63, 3.8) is 0 Å². The van der Waals surface area contributed by atoms with Gasteiger partial charge in [-0.25, -0.2) is 0 Å². The second-order valence-corrected chi connectivity index (χ2v) is 12.2. The molecule has 122 valence electrons. The summed E-state index contributed by atoms with van der Waals surface area (Å²) in [7, 11) is 0. The zero-order valence-corrected chi connectivity index (χ0v) is 15.8. The minimum atomic E-state index is -2.32. The Kier molecular flexibility index (Phi) is 5.60. The molecule has 0 aromatic heterocycles. The van der Waals surface area contributed by atoms with E-state index in [1.807, 2.05) is 13.8 Å². The van der Waals surface area contributed by atoms with Gasteiger partial charge in [0, 0.05) is 0 Å². The Morgan fingerprint density at radius 2 is 1.17 bits per heavy atom. The molecule has 1 aliphatic rings. The topological polar surface area (TPSA) is 0 Å². The average molecular weight is 324 g/mol. The molecule has 0 atom stereocenters. The number of benzene rings is 2. The van der Waals surface area contributed by atoms with Crippen molar-refractivity contribution in [2.45, 2.75) is 26.7 Å². The van der Waals surface area contributed by atoms with Gasteiger partial charge in [0.2, 0.25) is 0 Å². The van der Waals surface area contributed by atoms with Crippen LogP contribution < -0.4 is 10.6 Å². The molecule has 0 spiro atoms. The van der Waals surface area contributed by atoms with Crippen LogP contribution in [0.3, 0.4) is 0 Å². The van der Waals surface area contributed by atoms with Crippen molar-refractivity contribution in [1.82, 2.24) is 0 Å². The molecule has 1 aliphatic carbocycles. The van der Waals surface area contributed by atoms with Gasteiger partial charge in [0.15, 0.2) is 0 Å². The summed E-state index contributed by atoms with van der Waals surface area (Å²) in [5.41, 5.74) is 0. The molecule has 2 aromatic carbocycles. The minimum absolute atomic E-state index is 1.16. The monoisotopic (exact) mass is 324 g/mol. The maximum atomic E-state index is 2.48. The molecule has 0 aliphatic heterocycles. The fourth-order valence-electron chi connectivity index (χ4n) is 3.29. The van der Waals surface area contributed by atoms with E-state index in [-0.39, 0.29) is 0 Å². The van der Waals surface area contributed by atoms with Crippen molar-refractivity contribution in [1.29, 1.82) is 0 Å². The van der Waals surface area contributed by atoms with Gasteiger partial charge in [-0.15, -0.1) is 0 Å². The summed E-state index contributed by atoms with van der Waals surface area (Å²) >= 11 is 0. The summed E-state index contributed by atoms with van der Waals surface area (Å²) in [6.07, 6.45) is 9.47. The van der Waals surface area contributed by atoms with Crippen molar-refractivity contribution in [3.05, 3.63) is 84.2 Å². The maximum absolute atomic E-state index is 2.48. The molecule has 0 saturated heterocycles. The normalized spacial score (nSPS) is 15.7. The molecular weight excluding hydrogens is 295 g/mol. The molecule has 1 heteroatoms. The first kappa shape index (κ1) is 17.7. The molecule has 0 nitrogen and oxygen atoms in total. The van der Waals surface area contributed by atoms with Gasteiger partial charge in [-0.3, -0.25) is 0 Å². The summed E-state index contributed by atoms with van der Waals surface area (Å²) < 4.78 is 0. The Hall–Kier alpha value is -1.65. The molecular formula is C22H29P. The molecule has 23 heavy (non-hydrogen) atoms. The van der Waals surface area contributed by atoms with Crippen LogP contribution in [0.15, 0.2) is 84.2 Å². The first-order chi connectivity index (χ1) is 11.1. The molecule has 0 fully saturated rings. The van der Waals surface area contributed by atoms with Crippen molar-refractivity contribution in [2.75, 3.05) is 13.3 Å².